The fourth-order valence-electron chi connectivity index (χ4n) is 3.83. The van der Waals surface area contributed by atoms with E-state index in [0.29, 0.717) is 17.2 Å². The average Bonchev–Trinajstić information content (AvgIpc) is 2.90. The van der Waals surface area contributed by atoms with Crippen molar-refractivity contribution in [2.75, 3.05) is 0 Å². The van der Waals surface area contributed by atoms with Crippen molar-refractivity contribution in [2.45, 2.75) is 6.54 Å². The van der Waals surface area contributed by atoms with E-state index in [1.54, 1.807) is 0 Å². The molecule has 38 heavy (non-hydrogen) atoms. The van der Waals surface area contributed by atoms with E-state index < -0.39 is 40.5 Å². The fraction of sp³-hybridized carbons (Fsp3) is 0.0357. The van der Waals surface area contributed by atoms with Gasteiger partial charge in [0, 0.05) is 35.3 Å². The van der Waals surface area contributed by atoms with Crippen molar-refractivity contribution >= 4 is 40.2 Å². The molecule has 0 saturated heterocycles. The Morgan fingerprint density at radius 2 is 1.42 bits per heavy atom. The molecule has 0 bridgehead atoms. The molecule has 0 atom stereocenters. The summed E-state index contributed by atoms with van der Waals surface area (Å²) in [7, 11) is 0. The van der Waals surface area contributed by atoms with Crippen LogP contribution < -0.4 is 5.43 Å². The van der Waals surface area contributed by atoms with Gasteiger partial charge in [0.1, 0.15) is 11.6 Å². The van der Waals surface area contributed by atoms with Crippen molar-refractivity contribution in [1.82, 2.24) is 4.57 Å². The Balaban J connectivity index is 1.87. The van der Waals surface area contributed by atoms with Gasteiger partial charge in [0.15, 0.2) is 11.2 Å². The number of ketones is 2. The number of carboxylic acid groups (broad SMARTS) is 2. The number of hydrogen-bond donors (Lipinski definition) is 3. The molecule has 3 aromatic carbocycles. The summed E-state index contributed by atoms with van der Waals surface area (Å²) in [5, 5.41) is 28.3. The third kappa shape index (κ3) is 5.24. The molecule has 0 aliphatic heterocycles. The first-order valence-corrected chi connectivity index (χ1v) is 11.0. The molecule has 0 aliphatic rings. The number of fused-ring (bicyclic) bond motifs is 1. The van der Waals surface area contributed by atoms with Crippen LogP contribution in [0, 0.1) is 5.82 Å². The number of carboxylic acids is 2. The molecule has 4 aromatic rings. The van der Waals surface area contributed by atoms with Gasteiger partial charge < -0.3 is 19.9 Å². The van der Waals surface area contributed by atoms with Crippen molar-refractivity contribution in [3.63, 3.8) is 0 Å². The number of aliphatic hydroxyl groups is 1. The van der Waals surface area contributed by atoms with Crippen LogP contribution in [0.25, 0.3) is 16.7 Å². The van der Waals surface area contributed by atoms with E-state index in [4.69, 9.17) is 10.2 Å². The van der Waals surface area contributed by atoms with E-state index in [9.17, 15) is 33.5 Å². The Labute approximate surface area is 213 Å². The van der Waals surface area contributed by atoms with Gasteiger partial charge in [0.25, 0.3) is 5.78 Å². The number of nitrogens with zero attached hydrogens (tertiary/aromatic N) is 1. The molecule has 0 unspecified atom stereocenters. The van der Waals surface area contributed by atoms with Gasteiger partial charge in [0.05, 0.1) is 16.6 Å². The van der Waals surface area contributed by atoms with Gasteiger partial charge in [-0.2, -0.15) is 0 Å². The predicted molar refractivity (Wildman–Crippen MR) is 134 cm³/mol. The highest BCUT2D eigenvalue weighted by atomic mass is 19.1. The fourth-order valence-corrected chi connectivity index (χ4v) is 3.83. The minimum atomic E-state index is -1.83. The lowest BCUT2D eigenvalue weighted by Gasteiger charge is -2.14. The van der Waals surface area contributed by atoms with Crippen LogP contribution in [0.3, 0.4) is 0 Å². The van der Waals surface area contributed by atoms with Gasteiger partial charge in [-0.25, -0.2) is 14.0 Å². The molecule has 3 N–H and O–H groups in total. The van der Waals surface area contributed by atoms with Crippen LogP contribution in [0.4, 0.5) is 4.39 Å². The van der Waals surface area contributed by atoms with Gasteiger partial charge in [-0.15, -0.1) is 0 Å². The summed E-state index contributed by atoms with van der Waals surface area (Å²) in [5.74, 6) is -6.26. The number of carbonyl (C=O) groups is 4. The van der Waals surface area contributed by atoms with Gasteiger partial charge in [-0.3, -0.25) is 14.4 Å². The highest BCUT2D eigenvalue weighted by molar-refractivity contribution is 6.38. The highest BCUT2D eigenvalue weighted by Gasteiger charge is 2.18. The minimum absolute atomic E-state index is 0.00782. The lowest BCUT2D eigenvalue weighted by molar-refractivity contribution is -0.146. The standard InChI is InChI=1S/C28H18FNO8/c29-19-8-1-15(2-9-19)13-30-14-21(23(31)12-24(32)28(37)38)26(34)20-11-18(7-10-22(20)30)25(33)16-3-5-17(6-4-16)27(35)36/h1-12,14,31H,13H2,(H,35,36)(H,37,38)/b23-12-. The van der Waals surface area contributed by atoms with Gasteiger partial charge >= 0.3 is 11.9 Å². The molecule has 190 valence electrons. The number of aliphatic hydroxyl groups excluding tert-OH is 1. The van der Waals surface area contributed by atoms with Crippen LogP contribution in [0.2, 0.25) is 0 Å². The van der Waals surface area contributed by atoms with E-state index in [-0.39, 0.29) is 34.2 Å². The molecule has 4 rings (SSSR count). The number of benzene rings is 3. The predicted octanol–water partition coefficient (Wildman–Crippen LogP) is 3.67. The molecule has 1 heterocycles. The van der Waals surface area contributed by atoms with E-state index in [0.717, 1.165) is 0 Å². The average molecular weight is 515 g/mol. The number of hydrogen-bond acceptors (Lipinski definition) is 6. The van der Waals surface area contributed by atoms with Crippen molar-refractivity contribution in [2.24, 2.45) is 0 Å². The number of aromatic carboxylic acids is 1. The Hall–Kier alpha value is -5.38. The molecule has 0 amide bonds. The van der Waals surface area contributed by atoms with Crippen LogP contribution in [0.5, 0.6) is 0 Å². The number of halogens is 1. The van der Waals surface area contributed by atoms with E-state index in [1.165, 1.54) is 77.5 Å². The number of rotatable bonds is 8. The third-order valence-corrected chi connectivity index (χ3v) is 5.76. The lowest BCUT2D eigenvalue weighted by atomic mass is 9.99. The summed E-state index contributed by atoms with van der Waals surface area (Å²) < 4.78 is 14.9. The third-order valence-electron chi connectivity index (χ3n) is 5.76. The topological polar surface area (TPSA) is 151 Å². The first kappa shape index (κ1) is 25.7. The molecule has 10 heteroatoms. The SMILES string of the molecule is O=C(O)C(=O)/C=C(\O)c1cn(Cc2ccc(F)cc2)c2ccc(C(=O)c3ccc(C(=O)O)cc3)cc2c1=O. The first-order valence-electron chi connectivity index (χ1n) is 11.0. The van der Waals surface area contributed by atoms with Crippen molar-refractivity contribution in [3.8, 4) is 0 Å². The Bertz CT molecular complexity index is 1700. The van der Waals surface area contributed by atoms with Gasteiger partial charge in [-0.05, 0) is 48.0 Å². The van der Waals surface area contributed by atoms with Gasteiger partial charge in [0.2, 0.25) is 0 Å². The molecule has 0 saturated carbocycles. The van der Waals surface area contributed by atoms with Crippen LogP contribution in [0.1, 0.15) is 37.4 Å². The monoisotopic (exact) mass is 515 g/mol. The zero-order valence-corrected chi connectivity index (χ0v) is 19.4. The van der Waals surface area contributed by atoms with Crippen LogP contribution in [0.15, 0.2) is 83.8 Å². The Morgan fingerprint density at radius 3 is 2.03 bits per heavy atom. The molecule has 9 nitrogen and oxygen atoms in total. The van der Waals surface area contributed by atoms with Crippen LogP contribution >= 0.6 is 0 Å². The zero-order chi connectivity index (χ0) is 27.6. The molecular weight excluding hydrogens is 497 g/mol. The largest absolute Gasteiger partial charge is 0.507 e. The number of pyridine rings is 1. The molecule has 0 fully saturated rings. The number of aromatic nitrogens is 1. The van der Waals surface area contributed by atoms with Crippen molar-refractivity contribution < 1.29 is 38.9 Å². The Morgan fingerprint density at radius 1 is 0.816 bits per heavy atom. The zero-order valence-electron chi connectivity index (χ0n) is 19.4. The maximum Gasteiger partial charge on any atom is 0.376 e. The van der Waals surface area contributed by atoms with E-state index in [1.807, 2.05) is 0 Å². The van der Waals surface area contributed by atoms with E-state index in [2.05, 4.69) is 0 Å². The highest BCUT2D eigenvalue weighted by Crippen LogP contribution is 2.21. The Kier molecular flexibility index (Phi) is 6.98. The summed E-state index contributed by atoms with van der Waals surface area (Å²) in [4.78, 5) is 60.0. The van der Waals surface area contributed by atoms with Crippen LogP contribution in [-0.4, -0.2) is 43.4 Å². The maximum atomic E-state index is 13.4. The summed E-state index contributed by atoms with van der Waals surface area (Å²) in [6.45, 7) is 0.105. The second-order valence-electron chi connectivity index (χ2n) is 8.27. The maximum absolute atomic E-state index is 13.4. The summed E-state index contributed by atoms with van der Waals surface area (Å²) in [6, 6.07) is 15.0. The van der Waals surface area contributed by atoms with Crippen molar-refractivity contribution in [3.05, 3.63) is 123 Å². The number of aliphatic carboxylic acids is 1. The second kappa shape index (κ2) is 10.3. The summed E-state index contributed by atoms with van der Waals surface area (Å²) in [6.07, 6.45) is 1.65. The quantitative estimate of drug-likeness (QED) is 0.139. The molecule has 0 aliphatic carbocycles. The smallest absolute Gasteiger partial charge is 0.376 e. The molecule has 0 spiro atoms. The second-order valence-corrected chi connectivity index (χ2v) is 8.27. The summed E-state index contributed by atoms with van der Waals surface area (Å²) >= 11 is 0. The van der Waals surface area contributed by atoms with Crippen molar-refractivity contribution in [1.29, 1.82) is 0 Å². The first-order chi connectivity index (χ1) is 18.0. The molecular formula is C28H18FNO8. The van der Waals surface area contributed by atoms with Crippen LogP contribution in [-0.2, 0) is 16.1 Å². The molecule has 0 radical (unpaired) electrons. The minimum Gasteiger partial charge on any atom is -0.507 e. The molecule has 1 aromatic heterocycles. The van der Waals surface area contributed by atoms with E-state index >= 15 is 0 Å². The summed E-state index contributed by atoms with van der Waals surface area (Å²) in [5.41, 5.74) is 0.0822. The normalized spacial score (nSPS) is 11.3. The van der Waals surface area contributed by atoms with Gasteiger partial charge in [-0.1, -0.05) is 24.3 Å². The number of carbonyl (C=O) groups excluding carboxylic acids is 2. The lowest BCUT2D eigenvalue weighted by Crippen LogP contribution is -2.17.